The maximum Gasteiger partial charge on any atom is 0.248 e. The third-order valence-corrected chi connectivity index (χ3v) is 5.07. The fourth-order valence-corrected chi connectivity index (χ4v) is 3.46. The molecule has 0 fully saturated rings. The second-order valence-corrected chi connectivity index (χ2v) is 7.48. The highest BCUT2D eigenvalue weighted by Crippen LogP contribution is 2.21. The molecule has 0 saturated carbocycles. The lowest BCUT2D eigenvalue weighted by molar-refractivity contribution is -0.111. The number of hydrogen-bond acceptors (Lipinski definition) is 5. The first-order valence-electron chi connectivity index (χ1n) is 9.14. The van der Waals surface area contributed by atoms with Gasteiger partial charge in [0.2, 0.25) is 5.91 Å². The van der Waals surface area contributed by atoms with Crippen LogP contribution in [0.5, 0.6) is 5.75 Å². The van der Waals surface area contributed by atoms with Crippen LogP contribution in [0.4, 0.5) is 5.69 Å². The Hall–Kier alpha value is -3.51. The molecule has 1 amide bonds. The number of pyridine rings is 1. The Labute approximate surface area is 172 Å². The number of aryl methyl sites for hydroxylation is 1. The van der Waals surface area contributed by atoms with Gasteiger partial charge in [-0.2, -0.15) is 0 Å². The minimum Gasteiger partial charge on any atom is -0.487 e. The van der Waals surface area contributed by atoms with Gasteiger partial charge in [-0.05, 0) is 42.8 Å². The SMILES string of the molecule is Cc1nc(COc2ccc(/C=C/C(=O)Nc3cccc4cccnc34)cc2)cs1. The van der Waals surface area contributed by atoms with E-state index in [1.807, 2.05) is 66.9 Å². The van der Waals surface area contributed by atoms with Crippen LogP contribution in [0.25, 0.3) is 17.0 Å². The Bertz CT molecular complexity index is 1160. The van der Waals surface area contributed by atoms with Crippen molar-refractivity contribution in [3.8, 4) is 5.75 Å². The van der Waals surface area contributed by atoms with Gasteiger partial charge in [0, 0.05) is 23.0 Å². The Morgan fingerprint density at radius 2 is 1.97 bits per heavy atom. The molecular weight excluding hydrogens is 382 g/mol. The number of carbonyl (C=O) groups is 1. The number of ether oxygens (including phenoxy) is 1. The highest BCUT2D eigenvalue weighted by molar-refractivity contribution is 7.09. The number of nitrogens with one attached hydrogen (secondary N) is 1. The van der Waals surface area contributed by atoms with Crippen molar-refractivity contribution in [3.05, 3.63) is 88.5 Å². The fraction of sp³-hybridized carbons (Fsp3) is 0.0870. The Kier molecular flexibility index (Phi) is 5.63. The summed E-state index contributed by atoms with van der Waals surface area (Å²) in [6, 6.07) is 17.1. The van der Waals surface area contributed by atoms with E-state index >= 15 is 0 Å². The normalized spacial score (nSPS) is 11.1. The second-order valence-electron chi connectivity index (χ2n) is 6.42. The second kappa shape index (κ2) is 8.67. The number of para-hydroxylation sites is 1. The van der Waals surface area contributed by atoms with Crippen LogP contribution in [0, 0.1) is 6.92 Å². The highest BCUT2D eigenvalue weighted by Gasteiger charge is 2.04. The van der Waals surface area contributed by atoms with E-state index in [2.05, 4.69) is 15.3 Å². The molecule has 4 rings (SSSR count). The largest absolute Gasteiger partial charge is 0.487 e. The van der Waals surface area contributed by atoms with Crippen molar-refractivity contribution < 1.29 is 9.53 Å². The molecule has 6 heteroatoms. The number of amides is 1. The van der Waals surface area contributed by atoms with Gasteiger partial charge in [0.05, 0.1) is 21.9 Å². The van der Waals surface area contributed by atoms with Crippen LogP contribution >= 0.6 is 11.3 Å². The molecule has 0 bridgehead atoms. The number of anilines is 1. The van der Waals surface area contributed by atoms with Crippen molar-refractivity contribution in [1.29, 1.82) is 0 Å². The van der Waals surface area contributed by atoms with Crippen molar-refractivity contribution in [3.63, 3.8) is 0 Å². The molecule has 0 aliphatic heterocycles. The van der Waals surface area contributed by atoms with Crippen LogP contribution in [0.15, 0.2) is 72.3 Å². The van der Waals surface area contributed by atoms with Crippen LogP contribution < -0.4 is 10.1 Å². The van der Waals surface area contributed by atoms with Gasteiger partial charge < -0.3 is 10.1 Å². The molecule has 2 heterocycles. The molecule has 0 aliphatic rings. The van der Waals surface area contributed by atoms with Gasteiger partial charge in [-0.15, -0.1) is 11.3 Å². The summed E-state index contributed by atoms with van der Waals surface area (Å²) in [5.41, 5.74) is 3.30. The zero-order chi connectivity index (χ0) is 20.1. The van der Waals surface area contributed by atoms with Crippen molar-refractivity contribution in [2.45, 2.75) is 13.5 Å². The van der Waals surface area contributed by atoms with E-state index in [1.165, 1.54) is 6.08 Å². The zero-order valence-electron chi connectivity index (χ0n) is 15.8. The first-order valence-corrected chi connectivity index (χ1v) is 10.0. The predicted molar refractivity (Wildman–Crippen MR) is 117 cm³/mol. The molecule has 0 saturated heterocycles. The molecule has 0 aliphatic carbocycles. The number of benzene rings is 2. The number of thiazole rings is 1. The van der Waals surface area contributed by atoms with E-state index in [1.54, 1.807) is 23.6 Å². The van der Waals surface area contributed by atoms with Crippen LogP contribution in [0.3, 0.4) is 0 Å². The van der Waals surface area contributed by atoms with E-state index in [9.17, 15) is 4.79 Å². The summed E-state index contributed by atoms with van der Waals surface area (Å²) in [5, 5.41) is 6.90. The van der Waals surface area contributed by atoms with E-state index in [0.29, 0.717) is 12.3 Å². The van der Waals surface area contributed by atoms with Crippen LogP contribution in [0.1, 0.15) is 16.3 Å². The lowest BCUT2D eigenvalue weighted by Crippen LogP contribution is -2.08. The summed E-state index contributed by atoms with van der Waals surface area (Å²) in [6.45, 7) is 2.42. The predicted octanol–water partition coefficient (Wildman–Crippen LogP) is 5.23. The summed E-state index contributed by atoms with van der Waals surface area (Å²) in [6.07, 6.45) is 4.99. The molecule has 2 aromatic carbocycles. The molecule has 1 N–H and O–H groups in total. The van der Waals surface area contributed by atoms with Crippen molar-refractivity contribution >= 4 is 39.9 Å². The number of rotatable bonds is 6. The van der Waals surface area contributed by atoms with Gasteiger partial charge in [-0.3, -0.25) is 9.78 Å². The minimum atomic E-state index is -0.206. The number of fused-ring (bicyclic) bond motifs is 1. The molecule has 29 heavy (non-hydrogen) atoms. The summed E-state index contributed by atoms with van der Waals surface area (Å²) in [5.74, 6) is 0.557. The van der Waals surface area contributed by atoms with Crippen molar-refractivity contribution in [2.75, 3.05) is 5.32 Å². The van der Waals surface area contributed by atoms with Gasteiger partial charge in [0.25, 0.3) is 0 Å². The quantitative estimate of drug-likeness (QED) is 0.449. The summed E-state index contributed by atoms with van der Waals surface area (Å²) in [4.78, 5) is 21.0. The van der Waals surface area contributed by atoms with Crippen LogP contribution in [-0.4, -0.2) is 15.9 Å². The summed E-state index contributed by atoms with van der Waals surface area (Å²) < 4.78 is 5.74. The first-order chi connectivity index (χ1) is 14.2. The molecule has 0 unspecified atom stereocenters. The lowest BCUT2D eigenvalue weighted by Gasteiger charge is -2.06. The Morgan fingerprint density at radius 1 is 1.14 bits per heavy atom. The smallest absolute Gasteiger partial charge is 0.248 e. The minimum absolute atomic E-state index is 0.206. The van der Waals surface area contributed by atoms with E-state index in [0.717, 1.165) is 32.9 Å². The highest BCUT2D eigenvalue weighted by atomic mass is 32.1. The number of aromatic nitrogens is 2. The van der Waals surface area contributed by atoms with Crippen molar-refractivity contribution in [1.82, 2.24) is 9.97 Å². The average Bonchev–Trinajstić information content (AvgIpc) is 3.17. The van der Waals surface area contributed by atoms with Gasteiger partial charge in [-0.25, -0.2) is 4.98 Å². The number of nitrogens with zero attached hydrogens (tertiary/aromatic N) is 2. The average molecular weight is 401 g/mol. The summed E-state index contributed by atoms with van der Waals surface area (Å²) >= 11 is 1.61. The molecular formula is C23H19N3O2S. The Balaban J connectivity index is 1.36. The molecule has 4 aromatic rings. The third kappa shape index (κ3) is 4.86. The van der Waals surface area contributed by atoms with Crippen molar-refractivity contribution in [2.24, 2.45) is 0 Å². The Morgan fingerprint density at radius 3 is 2.76 bits per heavy atom. The first kappa shape index (κ1) is 18.8. The van der Waals surface area contributed by atoms with Gasteiger partial charge in [0.15, 0.2) is 0 Å². The molecule has 0 atom stereocenters. The molecule has 0 radical (unpaired) electrons. The topological polar surface area (TPSA) is 64.1 Å². The maximum absolute atomic E-state index is 12.3. The van der Waals surface area contributed by atoms with Crippen LogP contribution in [0.2, 0.25) is 0 Å². The maximum atomic E-state index is 12.3. The monoisotopic (exact) mass is 401 g/mol. The van der Waals surface area contributed by atoms with Gasteiger partial charge >= 0.3 is 0 Å². The zero-order valence-corrected chi connectivity index (χ0v) is 16.6. The standard InChI is InChI=1S/C23H19N3O2S/c1-16-25-19(15-29-16)14-28-20-10-7-17(8-11-20)9-12-22(27)26-21-6-2-4-18-5-3-13-24-23(18)21/h2-13,15H,14H2,1H3,(H,26,27)/b12-9+. The van der Waals surface area contributed by atoms with E-state index in [4.69, 9.17) is 4.74 Å². The van der Waals surface area contributed by atoms with Gasteiger partial charge in [-0.1, -0.05) is 30.3 Å². The van der Waals surface area contributed by atoms with Crippen LogP contribution in [-0.2, 0) is 11.4 Å². The fourth-order valence-electron chi connectivity index (χ4n) is 2.86. The van der Waals surface area contributed by atoms with Gasteiger partial charge in [0.1, 0.15) is 12.4 Å². The van der Waals surface area contributed by atoms with E-state index < -0.39 is 0 Å². The number of hydrogen-bond donors (Lipinski definition) is 1. The summed E-state index contributed by atoms with van der Waals surface area (Å²) in [7, 11) is 0. The molecule has 5 nitrogen and oxygen atoms in total. The molecule has 144 valence electrons. The molecule has 0 spiro atoms. The molecule has 2 aromatic heterocycles. The number of carbonyl (C=O) groups excluding carboxylic acids is 1. The lowest BCUT2D eigenvalue weighted by atomic mass is 10.2. The third-order valence-electron chi connectivity index (χ3n) is 4.25. The van der Waals surface area contributed by atoms with E-state index in [-0.39, 0.29) is 5.91 Å².